The average molecular weight is 489 g/mol. The number of hydrogen-bond donors (Lipinski definition) is 0. The Balaban J connectivity index is 1.45. The van der Waals surface area contributed by atoms with Gasteiger partial charge < -0.3 is 14.1 Å². The summed E-state index contributed by atoms with van der Waals surface area (Å²) in [5.41, 5.74) is 0.164. The predicted octanol–water partition coefficient (Wildman–Crippen LogP) is 3.15. The van der Waals surface area contributed by atoms with E-state index in [-0.39, 0.29) is 48.4 Å². The minimum atomic E-state index is -4.01. The SMILES string of the molecule is COc1ccc(S(=O)(=O)N2CCN(C(=O)c3ccc(-c4ccc(F)cc4)o3)CC2)cc1[N+](=O)[O-]. The van der Waals surface area contributed by atoms with Gasteiger partial charge in [0, 0.05) is 37.8 Å². The first-order valence-electron chi connectivity index (χ1n) is 10.2. The highest BCUT2D eigenvalue weighted by molar-refractivity contribution is 7.89. The monoisotopic (exact) mass is 489 g/mol. The fourth-order valence-electron chi connectivity index (χ4n) is 3.63. The Labute approximate surface area is 194 Å². The molecule has 34 heavy (non-hydrogen) atoms. The maximum Gasteiger partial charge on any atom is 0.312 e. The number of sulfonamides is 1. The van der Waals surface area contributed by atoms with E-state index in [9.17, 15) is 27.7 Å². The van der Waals surface area contributed by atoms with Crippen LogP contribution in [0.4, 0.5) is 10.1 Å². The highest BCUT2D eigenvalue weighted by atomic mass is 32.2. The van der Waals surface area contributed by atoms with Gasteiger partial charge in [0.25, 0.3) is 5.91 Å². The topological polar surface area (TPSA) is 123 Å². The Morgan fingerprint density at radius 2 is 1.74 bits per heavy atom. The Bertz CT molecular complexity index is 1330. The number of rotatable bonds is 6. The molecule has 2 aromatic carbocycles. The van der Waals surface area contributed by atoms with E-state index in [1.807, 2.05) is 0 Å². The number of ether oxygens (including phenoxy) is 1. The van der Waals surface area contributed by atoms with Gasteiger partial charge in [-0.2, -0.15) is 4.31 Å². The molecule has 0 N–H and O–H groups in total. The Morgan fingerprint density at radius 3 is 2.35 bits per heavy atom. The summed E-state index contributed by atoms with van der Waals surface area (Å²) in [4.78, 5) is 24.6. The van der Waals surface area contributed by atoms with Crippen molar-refractivity contribution in [2.45, 2.75) is 4.90 Å². The van der Waals surface area contributed by atoms with Gasteiger partial charge >= 0.3 is 5.69 Å². The molecule has 0 atom stereocenters. The summed E-state index contributed by atoms with van der Waals surface area (Å²) in [6.07, 6.45) is 0. The van der Waals surface area contributed by atoms with Crippen molar-refractivity contribution in [1.29, 1.82) is 0 Å². The number of methoxy groups -OCH3 is 1. The number of carbonyl (C=O) groups is 1. The summed E-state index contributed by atoms with van der Waals surface area (Å²) in [6, 6.07) is 12.2. The number of furan rings is 1. The number of amides is 1. The molecule has 1 aliphatic heterocycles. The minimum absolute atomic E-state index is 0.0133. The molecule has 1 aliphatic rings. The number of nitrogens with zero attached hydrogens (tertiary/aromatic N) is 3. The molecular weight excluding hydrogens is 469 g/mol. The van der Waals surface area contributed by atoms with E-state index in [0.717, 1.165) is 6.07 Å². The molecule has 0 aliphatic carbocycles. The molecule has 178 valence electrons. The summed E-state index contributed by atoms with van der Waals surface area (Å²) in [6.45, 7) is 0.255. The molecule has 3 aromatic rings. The Kier molecular flexibility index (Phi) is 6.35. The summed E-state index contributed by atoms with van der Waals surface area (Å²) in [5, 5.41) is 11.2. The normalized spacial score (nSPS) is 14.7. The number of halogens is 1. The quantitative estimate of drug-likeness (QED) is 0.385. The van der Waals surface area contributed by atoms with Crippen LogP contribution in [0.15, 0.2) is 63.9 Å². The first-order chi connectivity index (χ1) is 16.2. The number of nitro groups is 1. The summed E-state index contributed by atoms with van der Waals surface area (Å²) >= 11 is 0. The van der Waals surface area contributed by atoms with E-state index in [0.29, 0.717) is 11.3 Å². The molecule has 2 heterocycles. The lowest BCUT2D eigenvalue weighted by atomic mass is 10.2. The van der Waals surface area contributed by atoms with Crippen LogP contribution in [0.2, 0.25) is 0 Å². The Morgan fingerprint density at radius 1 is 1.06 bits per heavy atom. The first kappa shape index (κ1) is 23.4. The highest BCUT2D eigenvalue weighted by Crippen LogP contribution is 2.31. The van der Waals surface area contributed by atoms with Gasteiger partial charge in [0.15, 0.2) is 11.5 Å². The van der Waals surface area contributed by atoms with Crippen LogP contribution in [-0.4, -0.2) is 61.7 Å². The van der Waals surface area contributed by atoms with Crippen LogP contribution in [0.25, 0.3) is 11.3 Å². The number of hydrogen-bond acceptors (Lipinski definition) is 7. The standard InChI is InChI=1S/C22H20FN3O7S/c1-32-20-7-6-17(14-18(20)26(28)29)34(30,31)25-12-10-24(11-13-25)22(27)21-9-8-19(33-21)15-2-4-16(23)5-3-15/h2-9,14H,10-13H2,1H3. The van der Waals surface area contributed by atoms with Gasteiger partial charge in [0.1, 0.15) is 11.6 Å². The van der Waals surface area contributed by atoms with Gasteiger partial charge in [-0.1, -0.05) is 0 Å². The summed E-state index contributed by atoms with van der Waals surface area (Å²) in [5.74, 6) is -0.334. The second-order valence-corrected chi connectivity index (χ2v) is 9.40. The van der Waals surface area contributed by atoms with Crippen LogP contribution in [0.1, 0.15) is 10.6 Å². The molecule has 0 unspecified atom stereocenters. The highest BCUT2D eigenvalue weighted by Gasteiger charge is 2.32. The first-order valence-corrected chi connectivity index (χ1v) is 11.6. The molecule has 1 aromatic heterocycles. The minimum Gasteiger partial charge on any atom is -0.490 e. The maximum atomic E-state index is 13.1. The summed E-state index contributed by atoms with van der Waals surface area (Å²) < 4.78 is 50.8. The molecule has 1 saturated heterocycles. The molecule has 4 rings (SSSR count). The van der Waals surface area contributed by atoms with Crippen LogP contribution in [0.5, 0.6) is 5.75 Å². The lowest BCUT2D eigenvalue weighted by Gasteiger charge is -2.33. The van der Waals surface area contributed by atoms with Gasteiger partial charge in [-0.25, -0.2) is 12.8 Å². The number of benzene rings is 2. The van der Waals surface area contributed by atoms with Crippen LogP contribution >= 0.6 is 0 Å². The molecule has 0 bridgehead atoms. The van der Waals surface area contributed by atoms with E-state index in [1.165, 1.54) is 58.8 Å². The van der Waals surface area contributed by atoms with Crippen molar-refractivity contribution in [3.05, 3.63) is 76.3 Å². The third kappa shape index (κ3) is 4.50. The smallest absolute Gasteiger partial charge is 0.312 e. The third-order valence-electron chi connectivity index (χ3n) is 5.46. The van der Waals surface area contributed by atoms with Crippen molar-refractivity contribution in [1.82, 2.24) is 9.21 Å². The van der Waals surface area contributed by atoms with Crippen molar-refractivity contribution in [2.75, 3.05) is 33.3 Å². The lowest BCUT2D eigenvalue weighted by molar-refractivity contribution is -0.386. The maximum absolute atomic E-state index is 13.1. The van der Waals surface area contributed by atoms with Crippen molar-refractivity contribution >= 4 is 21.6 Å². The van der Waals surface area contributed by atoms with Crippen molar-refractivity contribution in [3.8, 4) is 17.1 Å². The lowest BCUT2D eigenvalue weighted by Crippen LogP contribution is -2.50. The number of carbonyl (C=O) groups excluding carboxylic acids is 1. The Hall–Kier alpha value is -3.77. The molecule has 1 amide bonds. The zero-order valence-electron chi connectivity index (χ0n) is 18.0. The third-order valence-corrected chi connectivity index (χ3v) is 7.35. The second kappa shape index (κ2) is 9.23. The van der Waals surface area contributed by atoms with Gasteiger partial charge in [-0.05, 0) is 48.5 Å². The number of nitro benzene ring substituents is 1. The largest absolute Gasteiger partial charge is 0.490 e. The van der Waals surface area contributed by atoms with Crippen LogP contribution in [0, 0.1) is 15.9 Å². The molecule has 0 radical (unpaired) electrons. The fourth-order valence-corrected chi connectivity index (χ4v) is 5.07. The van der Waals surface area contributed by atoms with Crippen molar-refractivity contribution < 1.29 is 31.7 Å². The van der Waals surface area contributed by atoms with E-state index in [1.54, 1.807) is 6.07 Å². The fraction of sp³-hybridized carbons (Fsp3) is 0.227. The molecule has 12 heteroatoms. The van der Waals surface area contributed by atoms with Crippen LogP contribution in [0.3, 0.4) is 0 Å². The van der Waals surface area contributed by atoms with Crippen LogP contribution < -0.4 is 4.74 Å². The van der Waals surface area contributed by atoms with Gasteiger partial charge in [-0.15, -0.1) is 0 Å². The van der Waals surface area contributed by atoms with E-state index in [2.05, 4.69) is 0 Å². The number of piperazine rings is 1. The summed E-state index contributed by atoms with van der Waals surface area (Å²) in [7, 11) is -2.75. The molecule has 1 fully saturated rings. The average Bonchev–Trinajstić information content (AvgIpc) is 3.34. The second-order valence-electron chi connectivity index (χ2n) is 7.46. The van der Waals surface area contributed by atoms with E-state index in [4.69, 9.17) is 9.15 Å². The van der Waals surface area contributed by atoms with Gasteiger partial charge in [0.2, 0.25) is 10.0 Å². The van der Waals surface area contributed by atoms with Gasteiger partial charge in [0.05, 0.1) is 16.9 Å². The molecule has 0 spiro atoms. The zero-order chi connectivity index (χ0) is 24.5. The van der Waals surface area contributed by atoms with Crippen LogP contribution in [-0.2, 0) is 10.0 Å². The molecule has 10 nitrogen and oxygen atoms in total. The zero-order valence-corrected chi connectivity index (χ0v) is 18.8. The molecule has 0 saturated carbocycles. The predicted molar refractivity (Wildman–Crippen MR) is 118 cm³/mol. The van der Waals surface area contributed by atoms with Gasteiger partial charge in [-0.3, -0.25) is 14.9 Å². The molecular formula is C22H20FN3O7S. The van der Waals surface area contributed by atoms with Crippen molar-refractivity contribution in [3.63, 3.8) is 0 Å². The van der Waals surface area contributed by atoms with Crippen molar-refractivity contribution in [2.24, 2.45) is 0 Å². The van der Waals surface area contributed by atoms with E-state index < -0.39 is 26.5 Å². The van der Waals surface area contributed by atoms with E-state index >= 15 is 0 Å².